The smallest absolute Gasteiger partial charge is 0.263 e. The number of thioether (sulfide) groups is 1. The summed E-state index contributed by atoms with van der Waals surface area (Å²) in [6.07, 6.45) is 2.12. The van der Waals surface area contributed by atoms with E-state index in [0.29, 0.717) is 29.7 Å². The summed E-state index contributed by atoms with van der Waals surface area (Å²) in [5, 5.41) is 4.22. The normalized spacial score (nSPS) is 14.3. The number of hydrogen-bond donors (Lipinski definition) is 1. The number of nitrogens with one attached hydrogen (secondary N) is 1. The lowest BCUT2D eigenvalue weighted by Crippen LogP contribution is -2.28. The van der Waals surface area contributed by atoms with Crippen molar-refractivity contribution in [2.75, 3.05) is 19.5 Å². The van der Waals surface area contributed by atoms with E-state index in [1.54, 1.807) is 11.7 Å². The highest BCUT2D eigenvalue weighted by atomic mass is 32.2. The fraction of sp³-hybridized carbons (Fsp3) is 0.562. The SMILES string of the molecule is COCCn1c(SCC(=O)NC2CC2)nc2sc(C)c(C)c2c1=O. The summed E-state index contributed by atoms with van der Waals surface area (Å²) in [6.45, 7) is 4.81. The molecule has 0 aromatic carbocycles. The van der Waals surface area contributed by atoms with Crippen LogP contribution in [0, 0.1) is 13.8 Å². The van der Waals surface area contributed by atoms with Gasteiger partial charge in [0.2, 0.25) is 5.91 Å². The number of aromatic nitrogens is 2. The minimum absolute atomic E-state index is 0.00585. The molecule has 1 fully saturated rings. The van der Waals surface area contributed by atoms with Crippen molar-refractivity contribution in [1.82, 2.24) is 14.9 Å². The van der Waals surface area contributed by atoms with Crippen LogP contribution in [-0.2, 0) is 16.1 Å². The summed E-state index contributed by atoms with van der Waals surface area (Å²) in [4.78, 5) is 31.3. The van der Waals surface area contributed by atoms with Gasteiger partial charge in [-0.25, -0.2) is 4.98 Å². The van der Waals surface area contributed by atoms with Gasteiger partial charge in [0.15, 0.2) is 5.16 Å². The Balaban J connectivity index is 1.91. The molecule has 1 N–H and O–H groups in total. The highest BCUT2D eigenvalue weighted by Crippen LogP contribution is 2.28. The lowest BCUT2D eigenvalue weighted by Gasteiger charge is -2.11. The van der Waals surface area contributed by atoms with Gasteiger partial charge in [-0.05, 0) is 32.3 Å². The van der Waals surface area contributed by atoms with E-state index in [-0.39, 0.29) is 17.2 Å². The van der Waals surface area contributed by atoms with Gasteiger partial charge in [0.25, 0.3) is 5.56 Å². The summed E-state index contributed by atoms with van der Waals surface area (Å²) in [5.41, 5.74) is 0.936. The molecule has 2 aromatic rings. The first-order valence-electron chi connectivity index (χ1n) is 7.93. The first-order valence-corrected chi connectivity index (χ1v) is 9.73. The molecule has 0 spiro atoms. The van der Waals surface area contributed by atoms with Crippen molar-refractivity contribution in [3.05, 3.63) is 20.8 Å². The Morgan fingerprint density at radius 1 is 1.46 bits per heavy atom. The highest BCUT2D eigenvalue weighted by molar-refractivity contribution is 7.99. The van der Waals surface area contributed by atoms with Gasteiger partial charge in [0, 0.05) is 18.0 Å². The molecule has 0 unspecified atom stereocenters. The Bertz CT molecular complexity index is 824. The Labute approximate surface area is 148 Å². The summed E-state index contributed by atoms with van der Waals surface area (Å²) in [7, 11) is 1.60. The number of fused-ring (bicyclic) bond motifs is 1. The molecule has 130 valence electrons. The fourth-order valence-electron chi connectivity index (χ4n) is 2.43. The zero-order chi connectivity index (χ0) is 17.3. The Morgan fingerprint density at radius 2 is 2.21 bits per heavy atom. The number of amides is 1. The van der Waals surface area contributed by atoms with Gasteiger partial charge in [0.05, 0.1) is 24.3 Å². The molecule has 1 saturated carbocycles. The number of carbonyl (C=O) groups is 1. The van der Waals surface area contributed by atoms with Crippen molar-refractivity contribution in [1.29, 1.82) is 0 Å². The molecule has 0 bridgehead atoms. The lowest BCUT2D eigenvalue weighted by atomic mass is 10.2. The fourth-order valence-corrected chi connectivity index (χ4v) is 4.33. The molecule has 1 aliphatic carbocycles. The van der Waals surface area contributed by atoms with Gasteiger partial charge in [-0.1, -0.05) is 11.8 Å². The topological polar surface area (TPSA) is 73.2 Å². The molecule has 1 aliphatic rings. The van der Waals surface area contributed by atoms with E-state index in [0.717, 1.165) is 28.1 Å². The molecular formula is C16H21N3O3S2. The van der Waals surface area contributed by atoms with Crippen molar-refractivity contribution in [2.24, 2.45) is 0 Å². The molecular weight excluding hydrogens is 346 g/mol. The van der Waals surface area contributed by atoms with Crippen molar-refractivity contribution in [2.45, 2.75) is 44.4 Å². The maximum Gasteiger partial charge on any atom is 0.263 e. The second-order valence-electron chi connectivity index (χ2n) is 5.94. The number of aryl methyl sites for hydroxylation is 2. The van der Waals surface area contributed by atoms with E-state index in [1.165, 1.54) is 23.1 Å². The van der Waals surface area contributed by atoms with Crippen LogP contribution in [-0.4, -0.2) is 41.0 Å². The Kier molecular flexibility index (Phi) is 5.27. The predicted molar refractivity (Wildman–Crippen MR) is 97.1 cm³/mol. The first-order chi connectivity index (χ1) is 11.5. The summed E-state index contributed by atoms with van der Waals surface area (Å²) < 4.78 is 6.74. The zero-order valence-corrected chi connectivity index (χ0v) is 15.7. The van der Waals surface area contributed by atoms with Crippen LogP contribution in [0.3, 0.4) is 0 Å². The van der Waals surface area contributed by atoms with Crippen molar-refractivity contribution in [3.8, 4) is 0 Å². The van der Waals surface area contributed by atoms with Crippen LogP contribution in [0.4, 0.5) is 0 Å². The van der Waals surface area contributed by atoms with E-state index < -0.39 is 0 Å². The summed E-state index contributed by atoms with van der Waals surface area (Å²) >= 11 is 2.84. The maximum atomic E-state index is 12.9. The lowest BCUT2D eigenvalue weighted by molar-refractivity contribution is -0.118. The van der Waals surface area contributed by atoms with Gasteiger partial charge in [0.1, 0.15) is 4.83 Å². The standard InChI is InChI=1S/C16H21N3O3S2/c1-9-10(2)24-14-13(9)15(21)19(6-7-22-3)16(18-14)23-8-12(20)17-11-4-5-11/h11H,4-8H2,1-3H3,(H,17,20). The van der Waals surface area contributed by atoms with Crippen LogP contribution in [0.1, 0.15) is 23.3 Å². The third-order valence-corrected chi connectivity index (χ3v) is 6.13. The molecule has 2 aromatic heterocycles. The third-order valence-electron chi connectivity index (χ3n) is 4.05. The van der Waals surface area contributed by atoms with Crippen molar-refractivity contribution in [3.63, 3.8) is 0 Å². The van der Waals surface area contributed by atoms with E-state index >= 15 is 0 Å². The first kappa shape index (κ1) is 17.4. The predicted octanol–water partition coefficient (Wildman–Crippen LogP) is 2.09. The number of thiophene rings is 1. The number of rotatable bonds is 7. The van der Waals surface area contributed by atoms with E-state index in [2.05, 4.69) is 10.3 Å². The second-order valence-corrected chi connectivity index (χ2v) is 8.08. The molecule has 0 aliphatic heterocycles. The van der Waals surface area contributed by atoms with Crippen LogP contribution >= 0.6 is 23.1 Å². The largest absolute Gasteiger partial charge is 0.383 e. The molecule has 6 nitrogen and oxygen atoms in total. The molecule has 3 rings (SSSR count). The quantitative estimate of drug-likeness (QED) is 0.599. The monoisotopic (exact) mass is 367 g/mol. The van der Waals surface area contributed by atoms with Gasteiger partial charge in [-0.2, -0.15) is 0 Å². The Hall–Kier alpha value is -1.38. The van der Waals surface area contributed by atoms with E-state index in [4.69, 9.17) is 4.74 Å². The average molecular weight is 367 g/mol. The van der Waals surface area contributed by atoms with Crippen LogP contribution < -0.4 is 10.9 Å². The minimum atomic E-state index is -0.0519. The molecule has 24 heavy (non-hydrogen) atoms. The number of nitrogens with zero attached hydrogens (tertiary/aromatic N) is 2. The zero-order valence-electron chi connectivity index (χ0n) is 14.0. The molecule has 0 saturated heterocycles. The third kappa shape index (κ3) is 3.65. The number of carbonyl (C=O) groups excluding carboxylic acids is 1. The Morgan fingerprint density at radius 3 is 2.88 bits per heavy atom. The average Bonchev–Trinajstić information content (AvgIpc) is 3.30. The maximum absolute atomic E-state index is 12.9. The summed E-state index contributed by atoms with van der Waals surface area (Å²) in [5.74, 6) is 0.263. The molecule has 0 radical (unpaired) electrons. The van der Waals surface area contributed by atoms with Crippen LogP contribution in [0.5, 0.6) is 0 Å². The van der Waals surface area contributed by atoms with Crippen LogP contribution in [0.2, 0.25) is 0 Å². The van der Waals surface area contributed by atoms with Gasteiger partial charge < -0.3 is 10.1 Å². The highest BCUT2D eigenvalue weighted by Gasteiger charge is 2.23. The molecule has 0 atom stereocenters. The minimum Gasteiger partial charge on any atom is -0.383 e. The summed E-state index contributed by atoms with van der Waals surface area (Å²) in [6, 6.07) is 0.340. The number of ether oxygens (including phenoxy) is 1. The second kappa shape index (κ2) is 7.25. The van der Waals surface area contributed by atoms with Crippen LogP contribution in [0.25, 0.3) is 10.2 Å². The van der Waals surface area contributed by atoms with Gasteiger partial charge in [-0.15, -0.1) is 11.3 Å². The van der Waals surface area contributed by atoms with E-state index in [9.17, 15) is 9.59 Å². The van der Waals surface area contributed by atoms with Crippen LogP contribution in [0.15, 0.2) is 9.95 Å². The van der Waals surface area contributed by atoms with Crippen molar-refractivity contribution >= 4 is 39.2 Å². The van der Waals surface area contributed by atoms with E-state index in [1.807, 2.05) is 13.8 Å². The van der Waals surface area contributed by atoms with Gasteiger partial charge in [-0.3, -0.25) is 14.2 Å². The van der Waals surface area contributed by atoms with Gasteiger partial charge >= 0.3 is 0 Å². The molecule has 1 amide bonds. The number of methoxy groups -OCH3 is 1. The number of hydrogen-bond acceptors (Lipinski definition) is 6. The molecule has 8 heteroatoms. The van der Waals surface area contributed by atoms with Crippen molar-refractivity contribution < 1.29 is 9.53 Å². The molecule has 2 heterocycles.